The molecule has 0 spiro atoms. The Labute approximate surface area is 140 Å². The average molecular weight is 362 g/mol. The highest BCUT2D eigenvalue weighted by molar-refractivity contribution is 6.31. The van der Waals surface area contributed by atoms with Crippen molar-refractivity contribution in [2.24, 2.45) is 0 Å². The molecule has 132 valence electrons. The van der Waals surface area contributed by atoms with Crippen LogP contribution in [0.3, 0.4) is 0 Å². The summed E-state index contributed by atoms with van der Waals surface area (Å²) in [4.78, 5) is 13.3. The number of aliphatic hydroxyl groups is 4. The lowest BCUT2D eigenvalue weighted by Gasteiger charge is -2.36. The fourth-order valence-electron chi connectivity index (χ4n) is 2.14. The molecule has 1 aliphatic rings. The number of aromatic hydroxyl groups is 1. The van der Waals surface area contributed by atoms with E-state index < -0.39 is 36.7 Å². The molecule has 24 heavy (non-hydrogen) atoms. The van der Waals surface area contributed by atoms with Gasteiger partial charge in [-0.15, -0.1) is 0 Å². The van der Waals surface area contributed by atoms with Gasteiger partial charge in [0.1, 0.15) is 24.1 Å². The number of aromatic nitrogens is 1. The Morgan fingerprint density at radius 2 is 1.79 bits per heavy atom. The zero-order valence-corrected chi connectivity index (χ0v) is 12.8. The molecule has 1 aromatic carbocycles. The Hall–Kier alpha value is -1.88. The average Bonchev–Trinajstić information content (AvgIpc) is 2.90. The van der Waals surface area contributed by atoms with Gasteiger partial charge in [0.05, 0.1) is 0 Å². The second-order valence-electron chi connectivity index (χ2n) is 5.12. The number of rotatable bonds is 1. The zero-order valence-electron chi connectivity index (χ0n) is 12.1. The Bertz CT molecular complexity index is 720. The number of aliphatic carboxylic acids is 1. The number of hydrogen-bond donors (Lipinski definition) is 7. The fraction of sp³-hybridized carbons (Fsp3) is 0.357. The van der Waals surface area contributed by atoms with E-state index in [1.165, 1.54) is 0 Å². The number of halogens is 1. The molecule has 2 aromatic rings. The van der Waals surface area contributed by atoms with Gasteiger partial charge < -0.3 is 40.4 Å². The minimum atomic E-state index is -1.81. The van der Waals surface area contributed by atoms with Crippen LogP contribution in [0.1, 0.15) is 0 Å². The number of ether oxygens (including phenoxy) is 1. The molecule has 7 N–H and O–H groups in total. The van der Waals surface area contributed by atoms with Crippen molar-refractivity contribution in [1.29, 1.82) is 0 Å². The highest BCUT2D eigenvalue weighted by atomic mass is 35.5. The molecule has 5 atom stereocenters. The third kappa shape index (κ3) is 3.78. The largest absolute Gasteiger partial charge is 0.506 e. The summed E-state index contributed by atoms with van der Waals surface area (Å²) in [7, 11) is 0. The molecule has 0 bridgehead atoms. The van der Waals surface area contributed by atoms with E-state index >= 15 is 0 Å². The summed E-state index contributed by atoms with van der Waals surface area (Å²) in [6, 6.07) is 5.33. The summed E-state index contributed by atoms with van der Waals surface area (Å²) in [6.07, 6.45) is -7.18. The van der Waals surface area contributed by atoms with Crippen molar-refractivity contribution >= 4 is 28.5 Å². The molecule has 1 saturated heterocycles. The van der Waals surface area contributed by atoms with Crippen LogP contribution in [0.2, 0.25) is 5.02 Å². The van der Waals surface area contributed by atoms with Crippen molar-refractivity contribution in [3.63, 3.8) is 0 Å². The maximum Gasteiger partial charge on any atom is 0.335 e. The molecule has 1 aromatic heterocycles. The lowest BCUT2D eigenvalue weighted by Crippen LogP contribution is -2.59. The summed E-state index contributed by atoms with van der Waals surface area (Å²) >= 11 is 5.72. The lowest BCUT2D eigenvalue weighted by molar-refractivity contribution is -0.279. The standard InChI is InChI=1S/C8H6ClNO.C6H10O7/c9-5-1-2-7-6(3-5)8(11)4-10-7;7-1-2(8)4(5(10)11)13-6(12)3(1)9/h1-4,10-11H;1-4,6-9,12H,(H,10,11)/t;1-,2-,3+,4-,6+/m.0/s1. The summed E-state index contributed by atoms with van der Waals surface area (Å²) in [5, 5.41) is 55.0. The molecule has 0 amide bonds. The third-order valence-electron chi connectivity index (χ3n) is 3.45. The number of aromatic amines is 1. The van der Waals surface area contributed by atoms with Crippen LogP contribution in [0.15, 0.2) is 24.4 Å². The molecule has 2 heterocycles. The van der Waals surface area contributed by atoms with Gasteiger partial charge in [-0.25, -0.2) is 4.79 Å². The van der Waals surface area contributed by atoms with Gasteiger partial charge >= 0.3 is 5.97 Å². The van der Waals surface area contributed by atoms with Gasteiger partial charge in [0, 0.05) is 22.1 Å². The second kappa shape index (κ2) is 7.34. The van der Waals surface area contributed by atoms with Crippen LogP contribution in [-0.2, 0) is 9.53 Å². The molecule has 10 heteroatoms. The lowest BCUT2D eigenvalue weighted by atomic mass is 9.99. The van der Waals surface area contributed by atoms with Gasteiger partial charge in [-0.1, -0.05) is 11.6 Å². The van der Waals surface area contributed by atoms with E-state index in [2.05, 4.69) is 9.72 Å². The first-order valence-corrected chi connectivity index (χ1v) is 7.16. The van der Waals surface area contributed by atoms with Crippen molar-refractivity contribution in [3.05, 3.63) is 29.4 Å². The van der Waals surface area contributed by atoms with Crippen LogP contribution in [0.5, 0.6) is 5.75 Å². The number of carbonyl (C=O) groups is 1. The molecule has 0 unspecified atom stereocenters. The van der Waals surface area contributed by atoms with Crippen molar-refractivity contribution in [3.8, 4) is 5.75 Å². The van der Waals surface area contributed by atoms with E-state index in [9.17, 15) is 9.90 Å². The molecule has 0 radical (unpaired) electrons. The highest BCUT2D eigenvalue weighted by Gasteiger charge is 2.46. The number of aliphatic hydroxyl groups excluding tert-OH is 4. The number of nitrogens with one attached hydrogen (secondary N) is 1. The molecular formula is C14H16ClNO8. The normalized spacial score (nSPS) is 29.8. The van der Waals surface area contributed by atoms with Gasteiger partial charge in [0.15, 0.2) is 12.4 Å². The van der Waals surface area contributed by atoms with Gasteiger partial charge in [0.2, 0.25) is 0 Å². The molecule has 0 aliphatic carbocycles. The van der Waals surface area contributed by atoms with Gasteiger partial charge in [0.25, 0.3) is 0 Å². The molecule has 1 fully saturated rings. The second-order valence-corrected chi connectivity index (χ2v) is 5.56. The Morgan fingerprint density at radius 1 is 1.12 bits per heavy atom. The predicted molar refractivity (Wildman–Crippen MR) is 81.5 cm³/mol. The molecule has 0 saturated carbocycles. The fourth-order valence-corrected chi connectivity index (χ4v) is 2.32. The van der Waals surface area contributed by atoms with E-state index in [1.807, 2.05) is 6.07 Å². The van der Waals surface area contributed by atoms with Gasteiger partial charge in [-0.05, 0) is 18.2 Å². The molecule has 3 rings (SSSR count). The van der Waals surface area contributed by atoms with Crippen LogP contribution in [0.25, 0.3) is 10.9 Å². The van der Waals surface area contributed by atoms with E-state index in [1.54, 1.807) is 18.3 Å². The van der Waals surface area contributed by atoms with Crippen molar-refractivity contribution in [2.75, 3.05) is 0 Å². The van der Waals surface area contributed by atoms with Crippen LogP contribution in [0, 0.1) is 0 Å². The smallest absolute Gasteiger partial charge is 0.335 e. The zero-order chi connectivity index (χ0) is 18.0. The monoisotopic (exact) mass is 361 g/mol. The minimum absolute atomic E-state index is 0.238. The quantitative estimate of drug-likeness (QED) is 0.354. The number of carboxylic acids is 1. The summed E-state index contributed by atoms with van der Waals surface area (Å²) in [5.74, 6) is -1.28. The van der Waals surface area contributed by atoms with E-state index in [-0.39, 0.29) is 5.75 Å². The highest BCUT2D eigenvalue weighted by Crippen LogP contribution is 2.26. The van der Waals surface area contributed by atoms with E-state index in [4.69, 9.17) is 37.1 Å². The molecule has 1 aliphatic heterocycles. The molecule has 9 nitrogen and oxygen atoms in total. The number of benzene rings is 1. The number of H-pyrrole nitrogens is 1. The minimum Gasteiger partial charge on any atom is -0.506 e. The number of fused-ring (bicyclic) bond motifs is 1. The number of hydrogen-bond acceptors (Lipinski definition) is 7. The maximum absolute atomic E-state index is 10.4. The Balaban J connectivity index is 0.000000175. The van der Waals surface area contributed by atoms with Crippen LogP contribution < -0.4 is 0 Å². The first kappa shape index (κ1) is 18.5. The van der Waals surface area contributed by atoms with Gasteiger partial charge in [-0.2, -0.15) is 0 Å². The topological polar surface area (TPSA) is 163 Å². The molecular weight excluding hydrogens is 346 g/mol. The SMILES string of the molecule is O=C(O)[C@H]1O[C@@H](O)[C@H](O)[C@@H](O)[C@@H]1O.Oc1c[nH]c2ccc(Cl)cc12. The van der Waals surface area contributed by atoms with Crippen LogP contribution in [0.4, 0.5) is 0 Å². The first-order valence-electron chi connectivity index (χ1n) is 6.78. The van der Waals surface area contributed by atoms with Crippen molar-refractivity contribution in [2.45, 2.75) is 30.7 Å². The van der Waals surface area contributed by atoms with Crippen molar-refractivity contribution in [1.82, 2.24) is 4.98 Å². The van der Waals surface area contributed by atoms with E-state index in [0.29, 0.717) is 5.02 Å². The van der Waals surface area contributed by atoms with Crippen LogP contribution in [-0.4, -0.2) is 72.3 Å². The Morgan fingerprint density at radius 3 is 2.42 bits per heavy atom. The van der Waals surface area contributed by atoms with Gasteiger partial charge in [-0.3, -0.25) is 0 Å². The van der Waals surface area contributed by atoms with E-state index in [0.717, 1.165) is 10.9 Å². The third-order valence-corrected chi connectivity index (χ3v) is 3.69. The van der Waals surface area contributed by atoms with Crippen molar-refractivity contribution < 1.29 is 40.2 Å². The summed E-state index contributed by atoms with van der Waals surface area (Å²) in [5.41, 5.74) is 0.895. The van der Waals surface area contributed by atoms with Crippen LogP contribution >= 0.6 is 11.6 Å². The Kier molecular flexibility index (Phi) is 5.65. The summed E-state index contributed by atoms with van der Waals surface area (Å²) in [6.45, 7) is 0. The first-order chi connectivity index (χ1) is 11.2. The predicted octanol–water partition coefficient (Wildman–Crippen LogP) is -0.602. The maximum atomic E-state index is 10.4. The summed E-state index contributed by atoms with van der Waals surface area (Å²) < 4.78 is 4.34. The number of carboxylic acid groups (broad SMARTS) is 1.